The summed E-state index contributed by atoms with van der Waals surface area (Å²) in [4.78, 5) is -0.903. The average Bonchev–Trinajstić information content (AvgIpc) is 3.06. The van der Waals surface area contributed by atoms with E-state index in [1.165, 1.54) is 24.3 Å². The van der Waals surface area contributed by atoms with Crippen LogP contribution >= 0.6 is 15.8 Å². The van der Waals surface area contributed by atoms with E-state index in [0.717, 1.165) is 21.2 Å². The van der Waals surface area contributed by atoms with Crippen LogP contribution in [0.4, 0.5) is 0 Å². The van der Waals surface area contributed by atoms with Gasteiger partial charge in [0, 0.05) is 0 Å². The van der Waals surface area contributed by atoms with Crippen molar-refractivity contribution in [2.45, 2.75) is 9.79 Å². The summed E-state index contributed by atoms with van der Waals surface area (Å²) in [6, 6.07) is 47.4. The molecule has 0 atom stereocenters. The Kier molecular flexibility index (Phi) is 14.7. The van der Waals surface area contributed by atoms with E-state index in [0.29, 0.717) is 21.7 Å². The van der Waals surface area contributed by atoms with Gasteiger partial charge in [0.05, 0.1) is 9.79 Å². The van der Waals surface area contributed by atoms with Gasteiger partial charge in [0.25, 0.3) is 0 Å². The van der Waals surface area contributed by atoms with Crippen LogP contribution < -0.4 is 135 Å². The fraction of sp³-hybridized carbons (Fsp3) is 0. The molecule has 48 heavy (non-hydrogen) atoms. The predicted octanol–water partition coefficient (Wildman–Crippen LogP) is -1.31. The fourth-order valence-electron chi connectivity index (χ4n) is 5.33. The zero-order valence-electron chi connectivity index (χ0n) is 26.2. The molecule has 0 aliphatic rings. The Balaban J connectivity index is 0.00000260. The van der Waals surface area contributed by atoms with Gasteiger partial charge in [-0.2, -0.15) is 0 Å². The van der Waals surface area contributed by atoms with Crippen LogP contribution in [-0.2, 0) is 20.2 Å². The minimum Gasteiger partial charge on any atom is -0.744 e. The van der Waals surface area contributed by atoms with Crippen LogP contribution in [0.3, 0.4) is 0 Å². The third kappa shape index (κ3) is 9.38. The van der Waals surface area contributed by atoms with Crippen molar-refractivity contribution in [2.75, 3.05) is 0 Å². The predicted molar refractivity (Wildman–Crippen MR) is 185 cm³/mol. The van der Waals surface area contributed by atoms with Gasteiger partial charge in [0.2, 0.25) is 0 Å². The molecule has 0 aliphatic heterocycles. The van der Waals surface area contributed by atoms with Crippen LogP contribution in [0.15, 0.2) is 168 Å². The standard InChI is InChI=1S/C36H28O6P2S2.2K/c37-45(38,39)31-21-23-35(43(27-13-5-1-6-14-27)28-15-7-2-8-16-28)33(25-31)34-26-32(46(40,41)42)22-24-36(34)44(29-17-9-3-10-18-29)30-19-11-4-12-20-30;;/h1-26H,(H,37,38,39)(H,40,41,42);;/q;2*+1/p-2. The van der Waals surface area contributed by atoms with E-state index in [1.54, 1.807) is 12.1 Å². The smallest absolute Gasteiger partial charge is 0.744 e. The maximum Gasteiger partial charge on any atom is 1.00 e. The molecule has 12 heteroatoms. The molecule has 6 rings (SSSR count). The molecule has 230 valence electrons. The van der Waals surface area contributed by atoms with Crippen molar-refractivity contribution in [1.29, 1.82) is 0 Å². The SMILES string of the molecule is O=S(=O)([O-])c1ccc(P(c2ccccc2)c2ccccc2)c(-c2cc(S(=O)(=O)[O-])ccc2P(c2ccccc2)c2ccccc2)c1.[K+].[K+]. The Morgan fingerprint density at radius 3 is 0.854 bits per heavy atom. The van der Waals surface area contributed by atoms with Crippen LogP contribution in [0.5, 0.6) is 0 Å². The minimum atomic E-state index is -4.90. The topological polar surface area (TPSA) is 114 Å². The van der Waals surface area contributed by atoms with E-state index >= 15 is 0 Å². The van der Waals surface area contributed by atoms with Crippen LogP contribution in [0.2, 0.25) is 0 Å². The van der Waals surface area contributed by atoms with E-state index < -0.39 is 45.9 Å². The number of hydrogen-bond acceptors (Lipinski definition) is 6. The summed E-state index contributed by atoms with van der Waals surface area (Å²) in [5.74, 6) is 0. The van der Waals surface area contributed by atoms with Gasteiger partial charge in [-0.15, -0.1) is 0 Å². The Hall–Kier alpha value is -0.727. The molecule has 0 radical (unpaired) electrons. The second-order valence-corrected chi connectivity index (χ2v) is 17.4. The minimum absolute atomic E-state index is 0. The van der Waals surface area contributed by atoms with Gasteiger partial charge in [-0.1, -0.05) is 133 Å². The first-order chi connectivity index (χ1) is 22.1. The molecular formula is C36H26K2O6P2S2. The molecule has 0 heterocycles. The van der Waals surface area contributed by atoms with Gasteiger partial charge in [-0.3, -0.25) is 0 Å². The van der Waals surface area contributed by atoms with Gasteiger partial charge < -0.3 is 9.11 Å². The van der Waals surface area contributed by atoms with Gasteiger partial charge >= 0.3 is 103 Å². The molecule has 6 aromatic rings. The van der Waals surface area contributed by atoms with Crippen LogP contribution in [-0.4, -0.2) is 25.9 Å². The van der Waals surface area contributed by atoms with Gasteiger partial charge in [-0.25, -0.2) is 16.8 Å². The molecule has 0 fully saturated rings. The zero-order chi connectivity index (χ0) is 32.3. The normalized spacial score (nSPS) is 11.5. The number of benzene rings is 6. The molecule has 0 saturated carbocycles. The van der Waals surface area contributed by atoms with Crippen molar-refractivity contribution < 1.29 is 129 Å². The Labute approximate surface area is 369 Å². The number of hydrogen-bond donors (Lipinski definition) is 0. The second kappa shape index (κ2) is 17.7. The van der Waals surface area contributed by atoms with Crippen LogP contribution in [0, 0.1) is 0 Å². The maximum atomic E-state index is 12.4. The maximum absolute atomic E-state index is 12.4. The van der Waals surface area contributed by atoms with Crippen molar-refractivity contribution in [3.8, 4) is 11.1 Å². The van der Waals surface area contributed by atoms with E-state index in [2.05, 4.69) is 0 Å². The third-order valence-electron chi connectivity index (χ3n) is 7.34. The summed E-state index contributed by atoms with van der Waals surface area (Å²) in [6.45, 7) is 0. The molecule has 0 aromatic heterocycles. The first-order valence-electron chi connectivity index (χ1n) is 14.1. The van der Waals surface area contributed by atoms with E-state index in [9.17, 15) is 25.9 Å². The largest absolute Gasteiger partial charge is 1.00 e. The Morgan fingerprint density at radius 2 is 0.625 bits per heavy atom. The van der Waals surface area contributed by atoms with E-state index in [1.807, 2.05) is 121 Å². The first kappa shape index (κ1) is 40.0. The zero-order valence-corrected chi connectivity index (χ0v) is 35.8. The van der Waals surface area contributed by atoms with Crippen molar-refractivity contribution in [3.63, 3.8) is 0 Å². The quantitative estimate of drug-likeness (QED) is 0.103. The molecule has 0 saturated heterocycles. The molecule has 0 unspecified atom stereocenters. The Morgan fingerprint density at radius 1 is 0.375 bits per heavy atom. The molecule has 6 aromatic carbocycles. The summed E-state index contributed by atoms with van der Waals surface area (Å²) in [7, 11) is -12.5. The average molecular weight is 759 g/mol. The van der Waals surface area contributed by atoms with Gasteiger partial charge in [0.1, 0.15) is 20.2 Å². The van der Waals surface area contributed by atoms with Crippen molar-refractivity contribution in [2.24, 2.45) is 0 Å². The van der Waals surface area contributed by atoms with Gasteiger partial charge in [0.15, 0.2) is 0 Å². The summed E-state index contributed by atoms with van der Waals surface area (Å²) in [5.41, 5.74) is 0.742. The first-order valence-corrected chi connectivity index (χ1v) is 19.6. The molecular weight excluding hydrogens is 733 g/mol. The Bertz CT molecular complexity index is 1970. The van der Waals surface area contributed by atoms with Crippen LogP contribution in [0.25, 0.3) is 11.1 Å². The van der Waals surface area contributed by atoms with Crippen molar-refractivity contribution in [3.05, 3.63) is 158 Å². The van der Waals surface area contributed by atoms with Crippen LogP contribution in [0.1, 0.15) is 0 Å². The molecule has 0 bridgehead atoms. The molecule has 0 N–H and O–H groups in total. The summed E-state index contributed by atoms with van der Waals surface area (Å²) in [6.07, 6.45) is 0. The molecule has 0 amide bonds. The summed E-state index contributed by atoms with van der Waals surface area (Å²) < 4.78 is 74.6. The van der Waals surface area contributed by atoms with E-state index in [-0.39, 0.29) is 103 Å². The van der Waals surface area contributed by atoms with Crippen molar-refractivity contribution >= 4 is 67.9 Å². The van der Waals surface area contributed by atoms with Gasteiger partial charge in [-0.05, 0) is 83.1 Å². The third-order valence-corrected chi connectivity index (χ3v) is 14.0. The number of rotatable bonds is 9. The fourth-order valence-corrected chi connectivity index (χ4v) is 11.2. The van der Waals surface area contributed by atoms with Crippen molar-refractivity contribution in [1.82, 2.24) is 0 Å². The summed E-state index contributed by atoms with van der Waals surface area (Å²) in [5, 5.41) is 5.26. The molecule has 0 aliphatic carbocycles. The summed E-state index contributed by atoms with van der Waals surface area (Å²) >= 11 is 0. The van der Waals surface area contributed by atoms with E-state index in [4.69, 9.17) is 0 Å². The second-order valence-electron chi connectivity index (χ2n) is 10.3. The molecule has 0 spiro atoms. The molecule has 6 nitrogen and oxygen atoms in total. The monoisotopic (exact) mass is 758 g/mol.